The van der Waals surface area contributed by atoms with Crippen LogP contribution in [-0.4, -0.2) is 17.1 Å². The largest absolute Gasteiger partial charge is 0.448 e. The standard InChI is InChI=1S/C18H15N3O3S/c1-3-10-24-18(23)14(11-19)17-21(4-2)16(22)15(25-17)12-20-13-8-6-5-7-9-13/h1,5-9,12,20H,4,10H2,2H3/b15-12+,17-14-. The van der Waals surface area contributed by atoms with Gasteiger partial charge in [0.2, 0.25) is 0 Å². The Morgan fingerprint density at radius 3 is 2.76 bits per heavy atom. The van der Waals surface area contributed by atoms with E-state index in [-0.39, 0.29) is 22.4 Å². The Kier molecular flexibility index (Phi) is 6.16. The van der Waals surface area contributed by atoms with Gasteiger partial charge in [-0.05, 0) is 19.1 Å². The molecule has 2 aromatic rings. The van der Waals surface area contributed by atoms with Crippen LogP contribution in [0.1, 0.15) is 6.92 Å². The molecule has 0 atom stereocenters. The van der Waals surface area contributed by atoms with Crippen molar-refractivity contribution >= 4 is 34.8 Å². The Morgan fingerprint density at radius 1 is 1.44 bits per heavy atom. The fourth-order valence-electron chi connectivity index (χ4n) is 2.04. The molecule has 0 spiro atoms. The zero-order valence-electron chi connectivity index (χ0n) is 13.5. The predicted octanol–water partition coefficient (Wildman–Crippen LogP) is 0.630. The van der Waals surface area contributed by atoms with E-state index in [0.717, 1.165) is 17.0 Å². The summed E-state index contributed by atoms with van der Waals surface area (Å²) in [5.41, 5.74) is 0.291. The number of nitrogens with zero attached hydrogens (tertiary/aromatic N) is 2. The summed E-state index contributed by atoms with van der Waals surface area (Å²) in [6, 6.07) is 11.1. The summed E-state index contributed by atoms with van der Waals surface area (Å²) in [4.78, 5) is 24.5. The van der Waals surface area contributed by atoms with Gasteiger partial charge in [-0.3, -0.25) is 9.36 Å². The lowest BCUT2D eigenvalue weighted by atomic mass is 10.3. The highest BCUT2D eigenvalue weighted by molar-refractivity contribution is 7.07. The molecule has 1 aromatic heterocycles. The second-order valence-corrected chi connectivity index (χ2v) is 5.77. The normalized spacial score (nSPS) is 12.0. The van der Waals surface area contributed by atoms with Crippen LogP contribution < -0.4 is 20.1 Å². The van der Waals surface area contributed by atoms with Gasteiger partial charge in [-0.1, -0.05) is 24.1 Å². The van der Waals surface area contributed by atoms with E-state index in [1.54, 1.807) is 19.2 Å². The smallest absolute Gasteiger partial charge is 0.352 e. The highest BCUT2D eigenvalue weighted by Crippen LogP contribution is 2.04. The Hall–Kier alpha value is -3.29. The third-order valence-corrected chi connectivity index (χ3v) is 4.31. The molecule has 0 saturated heterocycles. The number of ether oxygens (including phenoxy) is 1. The number of nitriles is 1. The molecule has 7 heteroatoms. The third kappa shape index (κ3) is 4.17. The molecule has 2 rings (SSSR count). The van der Waals surface area contributed by atoms with Gasteiger partial charge in [0.15, 0.2) is 12.2 Å². The summed E-state index contributed by atoms with van der Waals surface area (Å²) in [6.45, 7) is 1.84. The van der Waals surface area contributed by atoms with E-state index < -0.39 is 5.97 Å². The van der Waals surface area contributed by atoms with Crippen molar-refractivity contribution < 1.29 is 9.53 Å². The number of benzene rings is 1. The van der Waals surface area contributed by atoms with Crippen molar-refractivity contribution in [3.63, 3.8) is 0 Å². The minimum absolute atomic E-state index is 0.236. The van der Waals surface area contributed by atoms with Crippen molar-refractivity contribution in [2.24, 2.45) is 0 Å². The molecule has 0 aliphatic carbocycles. The first-order chi connectivity index (χ1) is 12.1. The van der Waals surface area contributed by atoms with Crippen molar-refractivity contribution in [3.05, 3.63) is 49.9 Å². The van der Waals surface area contributed by atoms with E-state index in [0.29, 0.717) is 11.1 Å². The Bertz CT molecular complexity index is 1020. The number of nitrogens with one attached hydrogen (secondary N) is 1. The lowest BCUT2D eigenvalue weighted by Crippen LogP contribution is -2.32. The number of terminal acetylenes is 1. The first kappa shape index (κ1) is 18.1. The van der Waals surface area contributed by atoms with Crippen molar-refractivity contribution in [2.75, 3.05) is 11.9 Å². The minimum atomic E-state index is -0.841. The number of thiazole rings is 1. The molecule has 0 aliphatic heterocycles. The van der Waals surface area contributed by atoms with Crippen LogP contribution in [0.2, 0.25) is 0 Å². The highest BCUT2D eigenvalue weighted by atomic mass is 32.1. The number of esters is 1. The maximum Gasteiger partial charge on any atom is 0.352 e. The Labute approximate surface area is 148 Å². The molecule has 1 N–H and O–H groups in total. The number of hydrogen-bond acceptors (Lipinski definition) is 6. The number of aromatic nitrogens is 1. The molecule has 0 fully saturated rings. The molecule has 6 nitrogen and oxygen atoms in total. The summed E-state index contributed by atoms with van der Waals surface area (Å²) >= 11 is 1.04. The maximum absolute atomic E-state index is 12.5. The fraction of sp³-hybridized carbons (Fsp3) is 0.167. The van der Waals surface area contributed by atoms with Crippen LogP contribution in [0, 0.1) is 23.7 Å². The van der Waals surface area contributed by atoms with Gasteiger partial charge < -0.3 is 10.1 Å². The van der Waals surface area contributed by atoms with E-state index in [1.165, 1.54) is 4.57 Å². The summed E-state index contributed by atoms with van der Waals surface area (Å²) in [6.07, 6.45) is 6.61. The molecule has 0 bridgehead atoms. The van der Waals surface area contributed by atoms with Gasteiger partial charge in [0.1, 0.15) is 15.3 Å². The van der Waals surface area contributed by atoms with Crippen LogP contribution in [0.4, 0.5) is 5.69 Å². The monoisotopic (exact) mass is 353 g/mol. The molecule has 0 saturated carbocycles. The minimum Gasteiger partial charge on any atom is -0.448 e. The van der Waals surface area contributed by atoms with Crippen LogP contribution >= 0.6 is 11.3 Å². The van der Waals surface area contributed by atoms with E-state index in [9.17, 15) is 14.9 Å². The van der Waals surface area contributed by atoms with E-state index in [4.69, 9.17) is 11.2 Å². The predicted molar refractivity (Wildman–Crippen MR) is 96.8 cm³/mol. The van der Waals surface area contributed by atoms with Crippen molar-refractivity contribution in [1.29, 1.82) is 5.26 Å². The summed E-state index contributed by atoms with van der Waals surface area (Å²) in [5, 5.41) is 12.3. The molecular formula is C18H15N3O3S. The topological polar surface area (TPSA) is 84.1 Å². The molecule has 0 aliphatic rings. The van der Waals surface area contributed by atoms with Crippen LogP contribution in [0.5, 0.6) is 0 Å². The average Bonchev–Trinajstić information content (AvgIpc) is 2.95. The zero-order valence-corrected chi connectivity index (χ0v) is 14.3. The van der Waals surface area contributed by atoms with Gasteiger partial charge in [0.25, 0.3) is 5.56 Å². The lowest BCUT2D eigenvalue weighted by molar-refractivity contribution is -0.135. The van der Waals surface area contributed by atoms with Crippen molar-refractivity contribution in [3.8, 4) is 18.4 Å². The third-order valence-electron chi connectivity index (χ3n) is 3.18. The number of anilines is 1. The SMILES string of the molecule is C#CCOC(=O)/C(C#N)=c1\s/c(=C/Nc2ccccc2)c(=O)n1CC. The molecule has 0 amide bonds. The summed E-state index contributed by atoms with van der Waals surface area (Å²) < 4.78 is 6.79. The van der Waals surface area contributed by atoms with E-state index in [2.05, 4.69) is 11.2 Å². The number of rotatable bonds is 5. The molecule has 1 aromatic carbocycles. The number of hydrogen-bond donors (Lipinski definition) is 1. The number of carbonyl (C=O) groups excluding carboxylic acids is 1. The second kappa shape index (κ2) is 8.53. The summed E-state index contributed by atoms with van der Waals surface area (Å²) in [7, 11) is 0. The molecule has 25 heavy (non-hydrogen) atoms. The lowest BCUT2D eigenvalue weighted by Gasteiger charge is -2.00. The molecular weight excluding hydrogens is 338 g/mol. The number of carbonyl (C=O) groups is 1. The van der Waals surface area contributed by atoms with E-state index in [1.807, 2.05) is 30.3 Å². The molecule has 0 radical (unpaired) electrons. The van der Waals surface area contributed by atoms with Crippen LogP contribution in [0.15, 0.2) is 35.1 Å². The maximum atomic E-state index is 12.5. The van der Waals surface area contributed by atoms with Gasteiger partial charge in [0.05, 0.1) is 0 Å². The molecule has 126 valence electrons. The average molecular weight is 353 g/mol. The van der Waals surface area contributed by atoms with Gasteiger partial charge >= 0.3 is 5.97 Å². The van der Waals surface area contributed by atoms with Crippen molar-refractivity contribution in [2.45, 2.75) is 13.5 Å². The van der Waals surface area contributed by atoms with Gasteiger partial charge in [0, 0.05) is 18.4 Å². The van der Waals surface area contributed by atoms with Gasteiger partial charge in [-0.2, -0.15) is 5.26 Å². The summed E-state index contributed by atoms with van der Waals surface area (Å²) in [5.74, 6) is 1.32. The van der Waals surface area contributed by atoms with Crippen molar-refractivity contribution in [1.82, 2.24) is 4.57 Å². The van der Waals surface area contributed by atoms with E-state index >= 15 is 0 Å². The Morgan fingerprint density at radius 2 is 2.16 bits per heavy atom. The van der Waals surface area contributed by atoms with Crippen LogP contribution in [-0.2, 0) is 16.1 Å². The fourth-order valence-corrected chi connectivity index (χ4v) is 3.11. The molecule has 1 heterocycles. The zero-order chi connectivity index (χ0) is 18.2. The Balaban J connectivity index is 2.55. The van der Waals surface area contributed by atoms with Crippen LogP contribution in [0.25, 0.3) is 11.8 Å². The first-order valence-corrected chi connectivity index (χ1v) is 8.20. The first-order valence-electron chi connectivity index (χ1n) is 7.38. The quantitative estimate of drug-likeness (QED) is 0.630. The molecule has 0 unspecified atom stereocenters. The number of para-hydroxylation sites is 1. The van der Waals surface area contributed by atoms with Crippen LogP contribution in [0.3, 0.4) is 0 Å². The van der Waals surface area contributed by atoms with Gasteiger partial charge in [-0.25, -0.2) is 4.79 Å². The second-order valence-electron chi connectivity index (χ2n) is 4.74. The van der Waals surface area contributed by atoms with Gasteiger partial charge in [-0.15, -0.1) is 17.8 Å². The highest BCUT2D eigenvalue weighted by Gasteiger charge is 2.16.